The monoisotopic (exact) mass is 309 g/mol. The summed E-state index contributed by atoms with van der Waals surface area (Å²) in [7, 11) is 1.39. The van der Waals surface area contributed by atoms with Crippen LogP contribution in [0.5, 0.6) is 5.75 Å². The van der Waals surface area contributed by atoms with Crippen LogP contribution >= 0.6 is 0 Å². The van der Waals surface area contributed by atoms with Crippen LogP contribution in [0.3, 0.4) is 0 Å². The zero-order valence-corrected chi connectivity index (χ0v) is 12.5. The van der Waals surface area contributed by atoms with Gasteiger partial charge < -0.3 is 14.7 Å². The Morgan fingerprint density at radius 3 is 2.86 bits per heavy atom. The molecule has 1 aliphatic rings. The van der Waals surface area contributed by atoms with E-state index in [1.54, 1.807) is 12.1 Å². The maximum absolute atomic E-state index is 14.0. The van der Waals surface area contributed by atoms with E-state index in [-0.39, 0.29) is 24.5 Å². The number of aliphatic carboxylic acids is 1. The molecule has 1 atom stereocenters. The number of hydrogen-bond acceptors (Lipinski definition) is 3. The lowest BCUT2D eigenvalue weighted by Crippen LogP contribution is -2.48. The summed E-state index contributed by atoms with van der Waals surface area (Å²) < 4.78 is 18.9. The summed E-state index contributed by atoms with van der Waals surface area (Å²) >= 11 is 0. The Morgan fingerprint density at radius 1 is 1.41 bits per heavy atom. The Bertz CT molecular complexity index is 561. The highest BCUT2D eigenvalue weighted by molar-refractivity contribution is 5.84. The van der Waals surface area contributed by atoms with E-state index in [9.17, 15) is 19.1 Å². The van der Waals surface area contributed by atoms with Crippen LogP contribution < -0.4 is 4.74 Å². The van der Waals surface area contributed by atoms with E-state index < -0.39 is 17.8 Å². The minimum absolute atomic E-state index is 0.0911. The first kappa shape index (κ1) is 16.3. The number of nitrogens with zero attached hydrogens (tertiary/aromatic N) is 1. The number of benzene rings is 1. The first-order chi connectivity index (χ1) is 10.5. The van der Waals surface area contributed by atoms with E-state index in [2.05, 4.69) is 0 Å². The predicted octanol–water partition coefficient (Wildman–Crippen LogP) is 2.23. The van der Waals surface area contributed by atoms with Crippen LogP contribution in [0.1, 0.15) is 31.2 Å². The average molecular weight is 309 g/mol. The summed E-state index contributed by atoms with van der Waals surface area (Å²) in [6.45, 7) is 0.455. The van der Waals surface area contributed by atoms with Crippen LogP contribution in [0.15, 0.2) is 18.2 Å². The third-order valence-electron chi connectivity index (χ3n) is 3.98. The van der Waals surface area contributed by atoms with Crippen LogP contribution in [-0.4, -0.2) is 41.6 Å². The van der Waals surface area contributed by atoms with Gasteiger partial charge in [-0.2, -0.15) is 0 Å². The van der Waals surface area contributed by atoms with Crippen molar-refractivity contribution in [2.75, 3.05) is 13.7 Å². The van der Waals surface area contributed by atoms with Crippen molar-refractivity contribution in [3.05, 3.63) is 29.6 Å². The van der Waals surface area contributed by atoms with Gasteiger partial charge in [-0.25, -0.2) is 9.18 Å². The Morgan fingerprint density at radius 2 is 2.18 bits per heavy atom. The van der Waals surface area contributed by atoms with Gasteiger partial charge in [0.1, 0.15) is 6.04 Å². The highest BCUT2D eigenvalue weighted by atomic mass is 19.1. The number of carboxylic acids is 1. The van der Waals surface area contributed by atoms with Crippen molar-refractivity contribution in [3.8, 4) is 5.75 Å². The first-order valence-corrected chi connectivity index (χ1v) is 7.38. The summed E-state index contributed by atoms with van der Waals surface area (Å²) in [6, 6.07) is 4.04. The zero-order chi connectivity index (χ0) is 16.1. The molecule has 1 aromatic rings. The van der Waals surface area contributed by atoms with E-state index >= 15 is 0 Å². The summed E-state index contributed by atoms with van der Waals surface area (Å²) in [4.78, 5) is 24.9. The highest BCUT2D eigenvalue weighted by Gasteiger charge is 2.31. The Hall–Kier alpha value is -2.11. The first-order valence-electron chi connectivity index (χ1n) is 7.38. The number of carbonyl (C=O) groups is 2. The second-order valence-electron chi connectivity index (χ2n) is 5.37. The average Bonchev–Trinajstić information content (AvgIpc) is 2.53. The van der Waals surface area contributed by atoms with Crippen LogP contribution in [-0.2, 0) is 16.0 Å². The number of halogens is 1. The number of likely N-dealkylation sites (tertiary alicyclic amines) is 1. The molecule has 1 N–H and O–H groups in total. The van der Waals surface area contributed by atoms with Gasteiger partial charge in [-0.15, -0.1) is 0 Å². The van der Waals surface area contributed by atoms with Gasteiger partial charge in [0.2, 0.25) is 5.91 Å². The van der Waals surface area contributed by atoms with Gasteiger partial charge in [-0.3, -0.25) is 4.79 Å². The number of aryl methyl sites for hydroxylation is 1. The van der Waals surface area contributed by atoms with Gasteiger partial charge >= 0.3 is 5.97 Å². The molecule has 0 saturated carbocycles. The second-order valence-corrected chi connectivity index (χ2v) is 5.37. The lowest BCUT2D eigenvalue weighted by molar-refractivity contribution is -0.152. The largest absolute Gasteiger partial charge is 0.494 e. The van der Waals surface area contributed by atoms with E-state index in [1.807, 2.05) is 0 Å². The molecule has 1 fully saturated rings. The lowest BCUT2D eigenvalue weighted by Gasteiger charge is -2.33. The number of carboxylic acid groups (broad SMARTS) is 1. The molecule has 1 saturated heterocycles. The maximum Gasteiger partial charge on any atom is 0.326 e. The summed E-state index contributed by atoms with van der Waals surface area (Å²) in [5.41, 5.74) is 0.400. The SMILES string of the molecule is COc1cccc(CCC(=O)N2CCCC[C@@H]2C(=O)O)c1F. The molecule has 1 amide bonds. The third-order valence-corrected chi connectivity index (χ3v) is 3.98. The molecule has 22 heavy (non-hydrogen) atoms. The van der Waals surface area contributed by atoms with E-state index in [4.69, 9.17) is 4.74 Å². The van der Waals surface area contributed by atoms with Crippen molar-refractivity contribution in [1.29, 1.82) is 0 Å². The van der Waals surface area contributed by atoms with Gasteiger partial charge in [0.05, 0.1) is 7.11 Å². The second kappa shape index (κ2) is 7.24. The molecule has 1 aromatic carbocycles. The van der Waals surface area contributed by atoms with Gasteiger partial charge in [-0.1, -0.05) is 12.1 Å². The smallest absolute Gasteiger partial charge is 0.326 e. The molecule has 6 heteroatoms. The molecule has 0 radical (unpaired) electrons. The molecule has 0 unspecified atom stereocenters. The predicted molar refractivity (Wildman–Crippen MR) is 78.3 cm³/mol. The molecular formula is C16H20FNO4. The standard InChI is InChI=1S/C16H20FNO4/c1-22-13-7-4-5-11(15(13)17)8-9-14(19)18-10-3-2-6-12(18)16(20)21/h4-5,7,12H,2-3,6,8-10H2,1H3,(H,20,21)/t12-/m1/s1. The van der Waals surface area contributed by atoms with Crippen LogP contribution in [0.2, 0.25) is 0 Å². The summed E-state index contributed by atoms with van der Waals surface area (Å²) in [6.07, 6.45) is 2.42. The number of hydrogen-bond donors (Lipinski definition) is 1. The molecular weight excluding hydrogens is 289 g/mol. The molecule has 2 rings (SSSR count). The fraction of sp³-hybridized carbons (Fsp3) is 0.500. The lowest BCUT2D eigenvalue weighted by atomic mass is 10.0. The van der Waals surface area contributed by atoms with Crippen molar-refractivity contribution < 1.29 is 23.8 Å². The fourth-order valence-corrected chi connectivity index (χ4v) is 2.78. The molecule has 0 aliphatic carbocycles. The minimum atomic E-state index is -0.972. The number of amides is 1. The zero-order valence-electron chi connectivity index (χ0n) is 12.5. The van der Waals surface area contributed by atoms with Gasteiger partial charge in [0, 0.05) is 13.0 Å². The minimum Gasteiger partial charge on any atom is -0.494 e. The van der Waals surface area contributed by atoms with Crippen molar-refractivity contribution >= 4 is 11.9 Å². The Kier molecular flexibility index (Phi) is 5.35. The van der Waals surface area contributed by atoms with Crippen LogP contribution in [0.25, 0.3) is 0 Å². The van der Waals surface area contributed by atoms with Gasteiger partial charge in [-0.05, 0) is 37.3 Å². The summed E-state index contributed by atoms with van der Waals surface area (Å²) in [5.74, 6) is -1.53. The van der Waals surface area contributed by atoms with Crippen molar-refractivity contribution in [1.82, 2.24) is 4.90 Å². The number of methoxy groups -OCH3 is 1. The Balaban J connectivity index is 2.01. The molecule has 0 spiro atoms. The maximum atomic E-state index is 14.0. The fourth-order valence-electron chi connectivity index (χ4n) is 2.78. The van der Waals surface area contributed by atoms with Crippen LogP contribution in [0, 0.1) is 5.82 Å². The Labute approximate surface area is 128 Å². The molecule has 1 heterocycles. The molecule has 120 valence electrons. The van der Waals surface area contributed by atoms with E-state index in [1.165, 1.54) is 18.1 Å². The number of rotatable bonds is 5. The molecule has 0 aromatic heterocycles. The van der Waals surface area contributed by atoms with Crippen molar-refractivity contribution in [3.63, 3.8) is 0 Å². The van der Waals surface area contributed by atoms with Crippen LogP contribution in [0.4, 0.5) is 4.39 Å². The van der Waals surface area contributed by atoms with Gasteiger partial charge in [0.15, 0.2) is 11.6 Å². The highest BCUT2D eigenvalue weighted by Crippen LogP contribution is 2.22. The quantitative estimate of drug-likeness (QED) is 0.906. The summed E-state index contributed by atoms with van der Waals surface area (Å²) in [5, 5.41) is 9.18. The van der Waals surface area contributed by atoms with E-state index in [0.29, 0.717) is 18.5 Å². The number of piperidine rings is 1. The number of ether oxygens (including phenoxy) is 1. The van der Waals surface area contributed by atoms with E-state index in [0.717, 1.165) is 12.8 Å². The molecule has 5 nitrogen and oxygen atoms in total. The van der Waals surface area contributed by atoms with Crippen molar-refractivity contribution in [2.45, 2.75) is 38.1 Å². The van der Waals surface area contributed by atoms with Crippen molar-refractivity contribution in [2.24, 2.45) is 0 Å². The normalized spacial score (nSPS) is 18.1. The third kappa shape index (κ3) is 3.55. The molecule has 0 bridgehead atoms. The number of carbonyl (C=O) groups excluding carboxylic acids is 1. The topological polar surface area (TPSA) is 66.8 Å². The molecule has 1 aliphatic heterocycles. The van der Waals surface area contributed by atoms with Gasteiger partial charge in [0.25, 0.3) is 0 Å².